The predicted octanol–water partition coefficient (Wildman–Crippen LogP) is 4.36. The fourth-order valence-corrected chi connectivity index (χ4v) is 3.21. The maximum Gasteiger partial charge on any atom is 0.417 e. The Kier molecular flexibility index (Phi) is 6.08. The molecule has 1 aliphatic rings. The van der Waals surface area contributed by atoms with E-state index in [0.717, 1.165) is 11.0 Å². The lowest BCUT2D eigenvalue weighted by atomic mass is 10.1. The van der Waals surface area contributed by atoms with Gasteiger partial charge in [-0.05, 0) is 31.2 Å². The highest BCUT2D eigenvalue weighted by Crippen LogP contribution is 2.36. The Hall–Kier alpha value is -3.33. The third kappa shape index (κ3) is 4.72. The summed E-state index contributed by atoms with van der Waals surface area (Å²) in [5.74, 6) is -2.15. The molecule has 0 bridgehead atoms. The van der Waals surface area contributed by atoms with Gasteiger partial charge < -0.3 is 10.1 Å². The summed E-state index contributed by atoms with van der Waals surface area (Å²) in [5, 5.41) is 1.73. The van der Waals surface area contributed by atoms with Crippen molar-refractivity contribution in [2.24, 2.45) is 0 Å². The van der Waals surface area contributed by atoms with Gasteiger partial charge in [0.25, 0.3) is 11.8 Å². The summed E-state index contributed by atoms with van der Waals surface area (Å²) in [6.45, 7) is 4.59. The van der Waals surface area contributed by atoms with Gasteiger partial charge in [0, 0.05) is 22.5 Å². The van der Waals surface area contributed by atoms with E-state index in [-0.39, 0.29) is 5.69 Å². The molecule has 2 amide bonds. The first-order chi connectivity index (χ1) is 14.5. The molecule has 162 valence electrons. The van der Waals surface area contributed by atoms with Crippen LogP contribution in [-0.4, -0.2) is 35.3 Å². The number of carbonyl (C=O) groups is 3. The Bertz CT molecular complexity index is 1050. The molecule has 1 unspecified atom stereocenters. The number of nitrogens with one attached hydrogen (secondary N) is 1. The quantitative estimate of drug-likeness (QED) is 0.684. The molecule has 0 aromatic heterocycles. The number of benzene rings is 2. The van der Waals surface area contributed by atoms with Gasteiger partial charge in [-0.3, -0.25) is 19.3 Å². The minimum Gasteiger partial charge on any atom is -0.451 e. The van der Waals surface area contributed by atoms with E-state index in [1.54, 1.807) is 24.3 Å². The molecule has 31 heavy (non-hydrogen) atoms. The molecule has 0 spiro atoms. The molecular weight excluding hydrogens is 437 g/mol. The van der Waals surface area contributed by atoms with Gasteiger partial charge in [0.05, 0.1) is 10.6 Å². The van der Waals surface area contributed by atoms with Crippen molar-refractivity contribution in [1.82, 2.24) is 4.90 Å². The smallest absolute Gasteiger partial charge is 0.417 e. The summed E-state index contributed by atoms with van der Waals surface area (Å²) in [4.78, 5) is 38.0. The number of amides is 2. The number of hydrogen-bond acceptors (Lipinski definition) is 4. The van der Waals surface area contributed by atoms with E-state index in [4.69, 9.17) is 16.3 Å². The van der Waals surface area contributed by atoms with Crippen LogP contribution in [0.1, 0.15) is 28.4 Å². The molecule has 1 aliphatic heterocycles. The number of anilines is 1. The first kappa shape index (κ1) is 22.4. The van der Waals surface area contributed by atoms with Gasteiger partial charge in [-0.2, -0.15) is 13.2 Å². The fourth-order valence-electron chi connectivity index (χ4n) is 2.98. The number of alkyl halides is 3. The molecule has 2 aromatic carbocycles. The lowest BCUT2D eigenvalue weighted by Gasteiger charge is -2.19. The second-order valence-corrected chi connectivity index (χ2v) is 7.10. The van der Waals surface area contributed by atoms with Crippen molar-refractivity contribution in [3.05, 3.63) is 70.8 Å². The van der Waals surface area contributed by atoms with Crippen LogP contribution in [0, 0.1) is 0 Å². The van der Waals surface area contributed by atoms with Crippen LogP contribution in [0.2, 0.25) is 5.02 Å². The third-order valence-electron chi connectivity index (χ3n) is 4.54. The van der Waals surface area contributed by atoms with Crippen LogP contribution >= 0.6 is 11.6 Å². The molecule has 3 rings (SSSR count). The number of hydrogen-bond donors (Lipinski definition) is 1. The first-order valence-electron chi connectivity index (χ1n) is 8.96. The average molecular weight is 453 g/mol. The maximum atomic E-state index is 12.9. The topological polar surface area (TPSA) is 75.7 Å². The molecule has 1 N–H and O–H groups in total. The Morgan fingerprint density at radius 1 is 1.19 bits per heavy atom. The molecule has 2 aromatic rings. The van der Waals surface area contributed by atoms with Gasteiger partial charge in [0.2, 0.25) is 0 Å². The molecule has 0 aliphatic carbocycles. The Labute approximate surface area is 180 Å². The van der Waals surface area contributed by atoms with Gasteiger partial charge in [-0.15, -0.1) is 0 Å². The van der Waals surface area contributed by atoms with Crippen LogP contribution in [0.3, 0.4) is 0 Å². The molecule has 1 heterocycles. The standard InChI is InChI=1S/C21H16ClF3N2O4/c1-11-14-5-3-4-6-15(14)20(30)27(11)10-18(28)31-12(2)19(29)26-13-7-8-17(22)16(9-13)21(23,24)25/h3-9,12H,1,10H2,2H3,(H,26,29). The zero-order valence-corrected chi connectivity index (χ0v) is 16.9. The van der Waals surface area contributed by atoms with Crippen molar-refractivity contribution >= 4 is 40.8 Å². The van der Waals surface area contributed by atoms with Crippen LogP contribution in [0.4, 0.5) is 18.9 Å². The molecule has 0 saturated carbocycles. The highest BCUT2D eigenvalue weighted by Gasteiger charge is 2.34. The van der Waals surface area contributed by atoms with Crippen LogP contribution in [-0.2, 0) is 20.5 Å². The molecule has 1 atom stereocenters. The summed E-state index contributed by atoms with van der Waals surface area (Å²) in [7, 11) is 0. The van der Waals surface area contributed by atoms with E-state index in [2.05, 4.69) is 11.9 Å². The second-order valence-electron chi connectivity index (χ2n) is 6.70. The van der Waals surface area contributed by atoms with E-state index in [1.165, 1.54) is 13.0 Å². The summed E-state index contributed by atoms with van der Waals surface area (Å²) in [6, 6.07) is 9.57. The monoisotopic (exact) mass is 452 g/mol. The van der Waals surface area contributed by atoms with E-state index >= 15 is 0 Å². The van der Waals surface area contributed by atoms with Gasteiger partial charge in [-0.1, -0.05) is 36.4 Å². The zero-order valence-electron chi connectivity index (χ0n) is 16.1. The average Bonchev–Trinajstić information content (AvgIpc) is 2.93. The van der Waals surface area contributed by atoms with Crippen LogP contribution in [0.15, 0.2) is 49.0 Å². The van der Waals surface area contributed by atoms with E-state index < -0.39 is 47.2 Å². The van der Waals surface area contributed by atoms with Crippen molar-refractivity contribution in [3.63, 3.8) is 0 Å². The maximum absolute atomic E-state index is 12.9. The van der Waals surface area contributed by atoms with Crippen molar-refractivity contribution < 1.29 is 32.3 Å². The minimum atomic E-state index is -4.70. The number of halogens is 4. The number of fused-ring (bicyclic) bond motifs is 1. The molecular formula is C21H16ClF3N2O4. The molecule has 0 saturated heterocycles. The minimum absolute atomic E-state index is 0.164. The zero-order chi connectivity index (χ0) is 22.9. The second kappa shape index (κ2) is 8.43. The van der Waals surface area contributed by atoms with Crippen LogP contribution in [0.5, 0.6) is 0 Å². The van der Waals surface area contributed by atoms with Crippen molar-refractivity contribution in [3.8, 4) is 0 Å². The Morgan fingerprint density at radius 3 is 2.45 bits per heavy atom. The number of carbonyl (C=O) groups excluding carboxylic acids is 3. The molecule has 6 nitrogen and oxygen atoms in total. The fraction of sp³-hybridized carbons (Fsp3) is 0.190. The van der Waals surface area contributed by atoms with Gasteiger partial charge in [0.1, 0.15) is 6.54 Å². The van der Waals surface area contributed by atoms with Crippen LogP contribution < -0.4 is 5.32 Å². The van der Waals surface area contributed by atoms with Gasteiger partial charge >= 0.3 is 12.1 Å². The van der Waals surface area contributed by atoms with Crippen molar-refractivity contribution in [2.75, 3.05) is 11.9 Å². The van der Waals surface area contributed by atoms with Crippen molar-refractivity contribution in [2.45, 2.75) is 19.2 Å². The normalized spacial score (nSPS) is 14.3. The lowest BCUT2D eigenvalue weighted by molar-refractivity contribution is -0.153. The number of esters is 1. The highest BCUT2D eigenvalue weighted by molar-refractivity contribution is 6.31. The summed E-state index contributed by atoms with van der Waals surface area (Å²) < 4.78 is 43.9. The first-order valence-corrected chi connectivity index (χ1v) is 9.34. The molecule has 0 radical (unpaired) electrons. The largest absolute Gasteiger partial charge is 0.451 e. The van der Waals surface area contributed by atoms with Crippen LogP contribution in [0.25, 0.3) is 5.70 Å². The summed E-state index contributed by atoms with van der Waals surface area (Å²) >= 11 is 5.55. The Balaban J connectivity index is 1.61. The van der Waals surface area contributed by atoms with Crippen molar-refractivity contribution in [1.29, 1.82) is 0 Å². The van der Waals surface area contributed by atoms with Gasteiger partial charge in [-0.25, -0.2) is 0 Å². The molecule has 10 heteroatoms. The SMILES string of the molecule is C=C1c2ccccc2C(=O)N1CC(=O)OC(C)C(=O)Nc1ccc(Cl)c(C(F)(F)F)c1. The Morgan fingerprint density at radius 2 is 1.84 bits per heavy atom. The molecule has 0 fully saturated rings. The third-order valence-corrected chi connectivity index (χ3v) is 4.87. The summed E-state index contributed by atoms with van der Waals surface area (Å²) in [5.41, 5.74) is 0.0458. The number of nitrogens with zero attached hydrogens (tertiary/aromatic N) is 1. The van der Waals surface area contributed by atoms with E-state index in [0.29, 0.717) is 22.9 Å². The number of ether oxygens (including phenoxy) is 1. The summed E-state index contributed by atoms with van der Waals surface area (Å²) in [6.07, 6.45) is -6.02. The van der Waals surface area contributed by atoms with E-state index in [1.807, 2.05) is 0 Å². The predicted molar refractivity (Wildman–Crippen MR) is 107 cm³/mol. The lowest BCUT2D eigenvalue weighted by Crippen LogP contribution is -2.35. The number of rotatable bonds is 5. The highest BCUT2D eigenvalue weighted by atomic mass is 35.5. The van der Waals surface area contributed by atoms with E-state index in [9.17, 15) is 27.6 Å². The van der Waals surface area contributed by atoms with Gasteiger partial charge in [0.15, 0.2) is 6.10 Å².